The standard InChI is InChI=1S/C17H19N3O2/c1-17(2,3)15-8-11(12(9-18)16(19)20-15)10-5-6-14(22-4)13(21)7-10/h5-8,21H,1-4H3,(H2,19,20). The topological polar surface area (TPSA) is 92.2 Å². The van der Waals surface area contributed by atoms with Crippen LogP contribution in [-0.2, 0) is 5.41 Å². The Hall–Kier alpha value is -2.74. The maximum atomic E-state index is 9.96. The Kier molecular flexibility index (Phi) is 3.96. The van der Waals surface area contributed by atoms with E-state index in [1.165, 1.54) is 7.11 Å². The number of pyridine rings is 1. The number of phenols is 1. The van der Waals surface area contributed by atoms with E-state index in [-0.39, 0.29) is 17.0 Å². The first-order valence-electron chi connectivity index (χ1n) is 6.86. The van der Waals surface area contributed by atoms with Gasteiger partial charge >= 0.3 is 0 Å². The number of hydrogen-bond acceptors (Lipinski definition) is 5. The van der Waals surface area contributed by atoms with Crippen molar-refractivity contribution in [2.45, 2.75) is 26.2 Å². The molecule has 1 heterocycles. The molecule has 0 aliphatic heterocycles. The van der Waals surface area contributed by atoms with Crippen LogP contribution in [0.2, 0.25) is 0 Å². The maximum absolute atomic E-state index is 9.96. The molecule has 22 heavy (non-hydrogen) atoms. The third kappa shape index (κ3) is 2.82. The number of nitriles is 1. The molecule has 0 amide bonds. The number of nitrogens with zero attached hydrogens (tertiary/aromatic N) is 2. The molecule has 0 unspecified atom stereocenters. The van der Waals surface area contributed by atoms with Gasteiger partial charge in [-0.3, -0.25) is 0 Å². The smallest absolute Gasteiger partial charge is 0.160 e. The fourth-order valence-corrected chi connectivity index (χ4v) is 2.15. The number of methoxy groups -OCH3 is 1. The molecular weight excluding hydrogens is 278 g/mol. The molecule has 0 fully saturated rings. The van der Waals surface area contributed by atoms with E-state index >= 15 is 0 Å². The molecule has 0 spiro atoms. The Morgan fingerprint density at radius 1 is 1.27 bits per heavy atom. The highest BCUT2D eigenvalue weighted by molar-refractivity contribution is 5.77. The number of rotatable bonds is 2. The third-order valence-corrected chi connectivity index (χ3v) is 3.42. The minimum Gasteiger partial charge on any atom is -0.504 e. The molecule has 114 valence electrons. The summed E-state index contributed by atoms with van der Waals surface area (Å²) < 4.78 is 5.04. The normalized spacial score (nSPS) is 11.0. The number of anilines is 1. The molecule has 0 aliphatic carbocycles. The Labute approximate surface area is 130 Å². The minimum absolute atomic E-state index is 0.0107. The number of aromatic hydroxyl groups is 1. The third-order valence-electron chi connectivity index (χ3n) is 3.42. The van der Waals surface area contributed by atoms with Gasteiger partial charge in [0, 0.05) is 16.7 Å². The molecule has 0 bridgehead atoms. The fourth-order valence-electron chi connectivity index (χ4n) is 2.15. The van der Waals surface area contributed by atoms with E-state index in [9.17, 15) is 10.4 Å². The van der Waals surface area contributed by atoms with Crippen molar-refractivity contribution in [1.82, 2.24) is 4.98 Å². The van der Waals surface area contributed by atoms with Crippen LogP contribution in [0.3, 0.4) is 0 Å². The zero-order valence-electron chi connectivity index (χ0n) is 13.1. The quantitative estimate of drug-likeness (QED) is 0.888. The highest BCUT2D eigenvalue weighted by Crippen LogP contribution is 2.36. The Bertz CT molecular complexity index is 756. The van der Waals surface area contributed by atoms with Gasteiger partial charge in [0.1, 0.15) is 17.5 Å². The molecule has 0 saturated carbocycles. The van der Waals surface area contributed by atoms with Crippen molar-refractivity contribution < 1.29 is 9.84 Å². The lowest BCUT2D eigenvalue weighted by Gasteiger charge is -2.20. The lowest BCUT2D eigenvalue weighted by atomic mass is 9.88. The first kappa shape index (κ1) is 15.6. The molecule has 2 aromatic rings. The molecular formula is C17H19N3O2. The van der Waals surface area contributed by atoms with Crippen LogP contribution in [0.15, 0.2) is 24.3 Å². The van der Waals surface area contributed by atoms with Crippen molar-refractivity contribution >= 4 is 5.82 Å². The van der Waals surface area contributed by atoms with E-state index < -0.39 is 0 Å². The number of benzene rings is 1. The average Bonchev–Trinajstić information content (AvgIpc) is 2.45. The van der Waals surface area contributed by atoms with E-state index in [1.807, 2.05) is 26.8 Å². The van der Waals surface area contributed by atoms with E-state index in [0.29, 0.717) is 22.4 Å². The number of hydrogen-bond donors (Lipinski definition) is 2. The fraction of sp³-hybridized carbons (Fsp3) is 0.294. The second-order valence-electron chi connectivity index (χ2n) is 6.06. The summed E-state index contributed by atoms with van der Waals surface area (Å²) in [7, 11) is 1.48. The number of phenolic OH excluding ortho intramolecular Hbond substituents is 1. The van der Waals surface area contributed by atoms with Crippen LogP contribution in [0.4, 0.5) is 5.82 Å². The summed E-state index contributed by atoms with van der Waals surface area (Å²) in [6.07, 6.45) is 0. The summed E-state index contributed by atoms with van der Waals surface area (Å²) in [6.45, 7) is 6.07. The number of ether oxygens (including phenoxy) is 1. The Morgan fingerprint density at radius 2 is 1.95 bits per heavy atom. The lowest BCUT2D eigenvalue weighted by Crippen LogP contribution is -2.15. The highest BCUT2D eigenvalue weighted by Gasteiger charge is 2.21. The van der Waals surface area contributed by atoms with Gasteiger partial charge in [-0.2, -0.15) is 5.26 Å². The van der Waals surface area contributed by atoms with Crippen LogP contribution in [0.25, 0.3) is 11.1 Å². The summed E-state index contributed by atoms with van der Waals surface area (Å²) in [5.41, 5.74) is 8.17. The largest absolute Gasteiger partial charge is 0.504 e. The monoisotopic (exact) mass is 297 g/mol. The number of nitrogen functional groups attached to an aromatic ring is 1. The van der Waals surface area contributed by atoms with Crippen LogP contribution in [-0.4, -0.2) is 17.2 Å². The summed E-state index contributed by atoms with van der Waals surface area (Å²) >= 11 is 0. The molecule has 3 N–H and O–H groups in total. The van der Waals surface area contributed by atoms with Crippen molar-refractivity contribution in [2.75, 3.05) is 12.8 Å². The summed E-state index contributed by atoms with van der Waals surface area (Å²) in [6, 6.07) is 8.92. The van der Waals surface area contributed by atoms with Crippen molar-refractivity contribution in [2.24, 2.45) is 0 Å². The van der Waals surface area contributed by atoms with Gasteiger partial charge in [-0.1, -0.05) is 26.8 Å². The molecule has 0 aliphatic rings. The summed E-state index contributed by atoms with van der Waals surface area (Å²) in [5, 5.41) is 19.3. The van der Waals surface area contributed by atoms with Crippen LogP contribution < -0.4 is 10.5 Å². The second-order valence-corrected chi connectivity index (χ2v) is 6.06. The Morgan fingerprint density at radius 3 is 2.45 bits per heavy atom. The molecule has 2 rings (SSSR count). The van der Waals surface area contributed by atoms with E-state index in [4.69, 9.17) is 10.5 Å². The molecule has 1 aromatic heterocycles. The first-order valence-corrected chi connectivity index (χ1v) is 6.86. The SMILES string of the molecule is COc1ccc(-c2cc(C(C)(C)C)nc(N)c2C#N)cc1O. The molecule has 0 saturated heterocycles. The predicted molar refractivity (Wildman–Crippen MR) is 85.7 cm³/mol. The van der Waals surface area contributed by atoms with Crippen molar-refractivity contribution in [3.63, 3.8) is 0 Å². The maximum Gasteiger partial charge on any atom is 0.160 e. The van der Waals surface area contributed by atoms with Crippen molar-refractivity contribution in [3.8, 4) is 28.7 Å². The van der Waals surface area contributed by atoms with Gasteiger partial charge in [-0.25, -0.2) is 4.98 Å². The Balaban J connectivity index is 2.71. The summed E-state index contributed by atoms with van der Waals surface area (Å²) in [4.78, 5) is 4.33. The molecule has 5 heteroatoms. The van der Waals surface area contributed by atoms with Crippen molar-refractivity contribution in [1.29, 1.82) is 5.26 Å². The zero-order valence-corrected chi connectivity index (χ0v) is 13.1. The zero-order chi connectivity index (χ0) is 16.5. The van der Waals surface area contributed by atoms with Crippen LogP contribution >= 0.6 is 0 Å². The van der Waals surface area contributed by atoms with E-state index in [0.717, 1.165) is 5.69 Å². The molecule has 5 nitrogen and oxygen atoms in total. The van der Waals surface area contributed by atoms with E-state index in [2.05, 4.69) is 11.1 Å². The number of nitrogens with two attached hydrogens (primary N) is 1. The van der Waals surface area contributed by atoms with Gasteiger partial charge in [0.15, 0.2) is 11.5 Å². The average molecular weight is 297 g/mol. The van der Waals surface area contributed by atoms with Gasteiger partial charge in [0.25, 0.3) is 0 Å². The van der Waals surface area contributed by atoms with Crippen molar-refractivity contribution in [3.05, 3.63) is 35.5 Å². The second kappa shape index (κ2) is 5.57. The minimum atomic E-state index is -0.203. The summed E-state index contributed by atoms with van der Waals surface area (Å²) in [5.74, 6) is 0.581. The van der Waals surface area contributed by atoms with Gasteiger partial charge in [0.2, 0.25) is 0 Å². The van der Waals surface area contributed by atoms with E-state index in [1.54, 1.807) is 18.2 Å². The molecule has 0 atom stereocenters. The predicted octanol–water partition coefficient (Wildman–Crippen LogP) is 3.21. The van der Waals surface area contributed by atoms with Crippen LogP contribution in [0.1, 0.15) is 32.0 Å². The van der Waals surface area contributed by atoms with Gasteiger partial charge in [-0.15, -0.1) is 0 Å². The van der Waals surface area contributed by atoms with Crippen LogP contribution in [0, 0.1) is 11.3 Å². The lowest BCUT2D eigenvalue weighted by molar-refractivity contribution is 0.373. The highest BCUT2D eigenvalue weighted by atomic mass is 16.5. The number of aromatic nitrogens is 1. The van der Waals surface area contributed by atoms with Crippen LogP contribution in [0.5, 0.6) is 11.5 Å². The van der Waals surface area contributed by atoms with Gasteiger partial charge in [0.05, 0.1) is 7.11 Å². The first-order chi connectivity index (χ1) is 10.3. The molecule has 1 aromatic carbocycles. The molecule has 0 radical (unpaired) electrons. The van der Waals surface area contributed by atoms with Gasteiger partial charge < -0.3 is 15.6 Å². The van der Waals surface area contributed by atoms with Gasteiger partial charge in [-0.05, 0) is 23.8 Å².